The predicted octanol–water partition coefficient (Wildman–Crippen LogP) is 3.37. The number of nitrogens with one attached hydrogen (secondary N) is 3. The maximum absolute atomic E-state index is 12.7. The average molecular weight is 435 g/mol. The van der Waals surface area contributed by atoms with Crippen molar-refractivity contribution < 1.29 is 9.53 Å². The van der Waals surface area contributed by atoms with Crippen molar-refractivity contribution >= 4 is 11.7 Å². The maximum Gasteiger partial charge on any atom is 0.270 e. The second-order valence-corrected chi connectivity index (χ2v) is 8.96. The van der Waals surface area contributed by atoms with Crippen LogP contribution in [0.5, 0.6) is 0 Å². The molecule has 0 fully saturated rings. The molecule has 1 aliphatic rings. The minimum absolute atomic E-state index is 0.237. The minimum Gasteiger partial charge on any atom is -0.383 e. The first-order valence-corrected chi connectivity index (χ1v) is 10.9. The molecule has 3 N–H and O–H groups in total. The van der Waals surface area contributed by atoms with Gasteiger partial charge in [-0.2, -0.15) is 5.10 Å². The molecule has 0 aromatic carbocycles. The number of anilines is 1. The normalized spacial score (nSPS) is 14.6. The van der Waals surface area contributed by atoms with Gasteiger partial charge in [0.05, 0.1) is 12.3 Å². The second kappa shape index (κ2) is 9.48. The molecule has 0 saturated heterocycles. The number of H-pyrrole nitrogens is 1. The van der Waals surface area contributed by atoms with Gasteiger partial charge in [0.25, 0.3) is 5.91 Å². The number of nitrogens with zero attached hydrogens (tertiary/aromatic N) is 3. The molecule has 8 heteroatoms. The number of pyridine rings is 2. The lowest BCUT2D eigenvalue weighted by Gasteiger charge is -2.29. The highest BCUT2D eigenvalue weighted by atomic mass is 16.5. The lowest BCUT2D eigenvalue weighted by atomic mass is 9.76. The lowest BCUT2D eigenvalue weighted by molar-refractivity contribution is 0.0932. The molecule has 0 spiro atoms. The third-order valence-corrected chi connectivity index (χ3v) is 5.78. The summed E-state index contributed by atoms with van der Waals surface area (Å²) in [7, 11) is 1.60. The van der Waals surface area contributed by atoms with Gasteiger partial charge in [-0.15, -0.1) is 0 Å². The Kier molecular flexibility index (Phi) is 6.50. The summed E-state index contributed by atoms with van der Waals surface area (Å²) in [6.45, 7) is 5.99. The van der Waals surface area contributed by atoms with E-state index in [0.29, 0.717) is 31.2 Å². The van der Waals surface area contributed by atoms with Gasteiger partial charge in [0.15, 0.2) is 0 Å². The monoisotopic (exact) mass is 434 g/mol. The topological polar surface area (TPSA) is 105 Å². The molecule has 3 aromatic heterocycles. The number of rotatable bonds is 8. The molecule has 4 rings (SSSR count). The standard InChI is InChI=1S/C24H30N6O2/c1-24(2)7-6-18-20(13-24)29-30-22(18)17-11-19(23(31)26-9-10-32-3)28-21(12-17)27-15-16-5-4-8-25-14-16/h4-5,8,11-12,14H,6-7,9-10,13,15H2,1-3H3,(H,26,31)(H,27,28)(H,29,30). The molecule has 0 radical (unpaired) electrons. The van der Waals surface area contributed by atoms with E-state index >= 15 is 0 Å². The lowest BCUT2D eigenvalue weighted by Crippen LogP contribution is -2.28. The van der Waals surface area contributed by atoms with Crippen LogP contribution in [-0.2, 0) is 24.1 Å². The predicted molar refractivity (Wildman–Crippen MR) is 123 cm³/mol. The number of carbonyl (C=O) groups excluding carboxylic acids is 1. The van der Waals surface area contributed by atoms with Gasteiger partial charge in [0, 0.05) is 49.4 Å². The van der Waals surface area contributed by atoms with Crippen molar-refractivity contribution in [1.29, 1.82) is 0 Å². The zero-order valence-corrected chi connectivity index (χ0v) is 18.9. The average Bonchev–Trinajstić information content (AvgIpc) is 3.20. The molecular formula is C24H30N6O2. The number of fused-ring (bicyclic) bond motifs is 1. The van der Waals surface area contributed by atoms with Gasteiger partial charge in [-0.25, -0.2) is 4.98 Å². The summed E-state index contributed by atoms with van der Waals surface area (Å²) in [6.07, 6.45) is 6.59. The van der Waals surface area contributed by atoms with Crippen LogP contribution in [0.4, 0.5) is 5.82 Å². The fourth-order valence-corrected chi connectivity index (χ4v) is 4.01. The van der Waals surface area contributed by atoms with Crippen LogP contribution in [0, 0.1) is 5.41 Å². The Bertz CT molecular complexity index is 1080. The summed E-state index contributed by atoms with van der Waals surface area (Å²) in [6, 6.07) is 7.66. The number of hydrogen-bond acceptors (Lipinski definition) is 6. The van der Waals surface area contributed by atoms with E-state index in [1.165, 1.54) is 11.3 Å². The molecule has 0 aliphatic heterocycles. The number of hydrogen-bond donors (Lipinski definition) is 3. The summed E-state index contributed by atoms with van der Waals surface area (Å²) in [5, 5.41) is 14.0. The van der Waals surface area contributed by atoms with Crippen molar-refractivity contribution in [2.75, 3.05) is 25.6 Å². The first kappa shape index (κ1) is 22.0. The Hall–Kier alpha value is -3.26. The summed E-state index contributed by atoms with van der Waals surface area (Å²) in [5.41, 5.74) is 5.84. The minimum atomic E-state index is -0.237. The molecule has 0 bridgehead atoms. The van der Waals surface area contributed by atoms with E-state index in [1.807, 2.05) is 24.3 Å². The van der Waals surface area contributed by atoms with Crippen molar-refractivity contribution in [1.82, 2.24) is 25.5 Å². The van der Waals surface area contributed by atoms with Gasteiger partial charge < -0.3 is 15.4 Å². The largest absolute Gasteiger partial charge is 0.383 e. The van der Waals surface area contributed by atoms with Gasteiger partial charge in [-0.3, -0.25) is 14.9 Å². The molecule has 168 valence electrons. The van der Waals surface area contributed by atoms with Crippen molar-refractivity contribution in [3.8, 4) is 11.3 Å². The molecule has 0 atom stereocenters. The number of ether oxygens (including phenoxy) is 1. The van der Waals surface area contributed by atoms with Gasteiger partial charge in [0.2, 0.25) is 0 Å². The van der Waals surface area contributed by atoms with Crippen LogP contribution >= 0.6 is 0 Å². The van der Waals surface area contributed by atoms with Gasteiger partial charge in [-0.05, 0) is 48.4 Å². The molecule has 0 saturated carbocycles. The van der Waals surface area contributed by atoms with E-state index in [2.05, 4.69) is 44.6 Å². The van der Waals surface area contributed by atoms with Crippen molar-refractivity contribution in [2.24, 2.45) is 5.41 Å². The molecule has 3 heterocycles. The van der Waals surface area contributed by atoms with E-state index in [0.717, 1.165) is 36.1 Å². The van der Waals surface area contributed by atoms with Crippen LogP contribution in [0.2, 0.25) is 0 Å². The summed E-state index contributed by atoms with van der Waals surface area (Å²) in [5.74, 6) is 0.384. The summed E-state index contributed by atoms with van der Waals surface area (Å²) in [4.78, 5) is 21.4. The molecular weight excluding hydrogens is 404 g/mol. The van der Waals surface area contributed by atoms with Gasteiger partial charge >= 0.3 is 0 Å². The second-order valence-electron chi connectivity index (χ2n) is 8.96. The fraction of sp³-hybridized carbons (Fsp3) is 0.417. The van der Waals surface area contributed by atoms with Crippen molar-refractivity contribution in [3.63, 3.8) is 0 Å². The molecule has 1 amide bonds. The quantitative estimate of drug-likeness (QED) is 0.470. The van der Waals surface area contributed by atoms with Crippen LogP contribution in [0.1, 0.15) is 47.6 Å². The van der Waals surface area contributed by atoms with Crippen LogP contribution in [0.25, 0.3) is 11.3 Å². The Morgan fingerprint density at radius 3 is 2.97 bits per heavy atom. The van der Waals surface area contributed by atoms with E-state index in [9.17, 15) is 4.79 Å². The molecule has 8 nitrogen and oxygen atoms in total. The zero-order valence-electron chi connectivity index (χ0n) is 18.9. The SMILES string of the molecule is COCCNC(=O)c1cc(-c2n[nH]c3c2CCC(C)(C)C3)cc(NCc2cccnc2)n1. The van der Waals surface area contributed by atoms with Crippen LogP contribution in [0.15, 0.2) is 36.7 Å². The third-order valence-electron chi connectivity index (χ3n) is 5.78. The third kappa shape index (κ3) is 5.13. The molecule has 0 unspecified atom stereocenters. The van der Waals surface area contributed by atoms with Gasteiger partial charge in [0.1, 0.15) is 11.5 Å². The summed E-state index contributed by atoms with van der Waals surface area (Å²) >= 11 is 0. The van der Waals surface area contributed by atoms with Gasteiger partial charge in [-0.1, -0.05) is 19.9 Å². The van der Waals surface area contributed by atoms with E-state index in [4.69, 9.17) is 4.74 Å². The highest BCUT2D eigenvalue weighted by molar-refractivity contribution is 5.94. The number of amides is 1. The Morgan fingerprint density at radius 2 is 2.19 bits per heavy atom. The molecule has 3 aromatic rings. The van der Waals surface area contributed by atoms with Crippen molar-refractivity contribution in [2.45, 2.75) is 39.7 Å². The Balaban J connectivity index is 1.64. The summed E-state index contributed by atoms with van der Waals surface area (Å²) < 4.78 is 5.03. The fourth-order valence-electron chi connectivity index (χ4n) is 4.01. The van der Waals surface area contributed by atoms with Crippen molar-refractivity contribution in [3.05, 3.63) is 59.2 Å². The first-order chi connectivity index (χ1) is 15.4. The highest BCUT2D eigenvalue weighted by Gasteiger charge is 2.29. The molecule has 1 aliphatic carbocycles. The smallest absolute Gasteiger partial charge is 0.270 e. The number of aromatic nitrogens is 4. The van der Waals surface area contributed by atoms with Crippen LogP contribution in [-0.4, -0.2) is 46.3 Å². The van der Waals surface area contributed by atoms with Crippen LogP contribution in [0.3, 0.4) is 0 Å². The van der Waals surface area contributed by atoms with E-state index in [1.54, 1.807) is 19.5 Å². The van der Waals surface area contributed by atoms with E-state index < -0.39 is 0 Å². The zero-order chi connectivity index (χ0) is 22.6. The first-order valence-electron chi connectivity index (χ1n) is 10.9. The highest BCUT2D eigenvalue weighted by Crippen LogP contribution is 2.38. The van der Waals surface area contributed by atoms with E-state index in [-0.39, 0.29) is 11.3 Å². The number of aromatic amines is 1. The maximum atomic E-state index is 12.7. The number of carbonyl (C=O) groups is 1. The Morgan fingerprint density at radius 1 is 1.31 bits per heavy atom. The van der Waals surface area contributed by atoms with Crippen LogP contribution < -0.4 is 10.6 Å². The Labute approximate surface area is 188 Å². The number of methoxy groups -OCH3 is 1. The molecule has 32 heavy (non-hydrogen) atoms.